The molecule has 2 atom stereocenters. The van der Waals surface area contributed by atoms with Crippen LogP contribution in [0.25, 0.3) is 0 Å². The van der Waals surface area contributed by atoms with Crippen LogP contribution in [-0.2, 0) is 4.79 Å². The summed E-state index contributed by atoms with van der Waals surface area (Å²) >= 11 is 0. The summed E-state index contributed by atoms with van der Waals surface area (Å²) in [6.45, 7) is 4.75. The molecule has 0 saturated carbocycles. The molecule has 1 aromatic heterocycles. The molecule has 1 rings (SSSR count). The van der Waals surface area contributed by atoms with Gasteiger partial charge >= 0.3 is 0 Å². The Morgan fingerprint density at radius 3 is 2.87 bits per heavy atom. The lowest BCUT2D eigenvalue weighted by molar-refractivity contribution is -0.117. The molecule has 1 amide bonds. The standard InChI is InChI=1S/C10H18N4O/c1-8(12-6-4-10(11)15)9(2)14-7-3-5-13-14/h3,5,7-9,12H,4,6H2,1-2H3,(H2,11,15). The lowest BCUT2D eigenvalue weighted by Crippen LogP contribution is -2.35. The van der Waals surface area contributed by atoms with Crippen molar-refractivity contribution in [2.75, 3.05) is 6.54 Å². The molecule has 0 aliphatic carbocycles. The van der Waals surface area contributed by atoms with E-state index in [1.165, 1.54) is 0 Å². The maximum atomic E-state index is 10.5. The van der Waals surface area contributed by atoms with E-state index in [4.69, 9.17) is 5.73 Å². The molecule has 2 unspecified atom stereocenters. The Morgan fingerprint density at radius 1 is 1.60 bits per heavy atom. The van der Waals surface area contributed by atoms with E-state index in [-0.39, 0.29) is 18.0 Å². The molecule has 0 aromatic carbocycles. The third-order valence-electron chi connectivity index (χ3n) is 2.50. The molecule has 1 heterocycles. The zero-order valence-corrected chi connectivity index (χ0v) is 9.18. The van der Waals surface area contributed by atoms with E-state index in [1.54, 1.807) is 6.20 Å². The zero-order valence-electron chi connectivity index (χ0n) is 9.18. The Hall–Kier alpha value is -1.36. The molecule has 3 N–H and O–H groups in total. The van der Waals surface area contributed by atoms with Crippen molar-refractivity contribution in [2.24, 2.45) is 5.73 Å². The molecule has 1 aromatic rings. The summed E-state index contributed by atoms with van der Waals surface area (Å²) in [5, 5.41) is 7.41. The van der Waals surface area contributed by atoms with E-state index in [0.29, 0.717) is 13.0 Å². The fourth-order valence-corrected chi connectivity index (χ4v) is 1.34. The quantitative estimate of drug-likeness (QED) is 0.709. The van der Waals surface area contributed by atoms with E-state index in [2.05, 4.69) is 24.3 Å². The molecule has 0 fully saturated rings. The number of nitrogens with zero attached hydrogens (tertiary/aromatic N) is 2. The van der Waals surface area contributed by atoms with Crippen LogP contribution in [0, 0.1) is 0 Å². The highest BCUT2D eigenvalue weighted by atomic mass is 16.1. The van der Waals surface area contributed by atoms with Gasteiger partial charge in [-0.15, -0.1) is 0 Å². The summed E-state index contributed by atoms with van der Waals surface area (Å²) in [6, 6.07) is 2.41. The molecule has 0 spiro atoms. The average molecular weight is 210 g/mol. The smallest absolute Gasteiger partial charge is 0.218 e. The Balaban J connectivity index is 2.33. The van der Waals surface area contributed by atoms with Gasteiger partial charge in [0.05, 0.1) is 6.04 Å². The van der Waals surface area contributed by atoms with Crippen molar-refractivity contribution >= 4 is 5.91 Å². The van der Waals surface area contributed by atoms with E-state index in [9.17, 15) is 4.79 Å². The third kappa shape index (κ3) is 3.71. The first-order valence-corrected chi connectivity index (χ1v) is 5.12. The van der Waals surface area contributed by atoms with Crippen molar-refractivity contribution in [3.8, 4) is 0 Å². The molecule has 5 heteroatoms. The molecule has 0 aliphatic rings. The van der Waals surface area contributed by atoms with Crippen LogP contribution < -0.4 is 11.1 Å². The maximum Gasteiger partial charge on any atom is 0.218 e. The van der Waals surface area contributed by atoms with Crippen LogP contribution in [0.5, 0.6) is 0 Å². The lowest BCUT2D eigenvalue weighted by atomic mass is 10.1. The van der Waals surface area contributed by atoms with E-state index in [0.717, 1.165) is 0 Å². The van der Waals surface area contributed by atoms with Crippen molar-refractivity contribution in [1.82, 2.24) is 15.1 Å². The topological polar surface area (TPSA) is 72.9 Å². The van der Waals surface area contributed by atoms with Gasteiger partial charge in [0.15, 0.2) is 0 Å². The molecule has 15 heavy (non-hydrogen) atoms. The second-order valence-corrected chi connectivity index (χ2v) is 3.69. The van der Waals surface area contributed by atoms with Gasteiger partial charge in [0.25, 0.3) is 0 Å². The van der Waals surface area contributed by atoms with E-state index >= 15 is 0 Å². The Bertz CT molecular complexity index is 296. The van der Waals surface area contributed by atoms with Crippen molar-refractivity contribution in [3.63, 3.8) is 0 Å². The van der Waals surface area contributed by atoms with Crippen LogP contribution in [0.2, 0.25) is 0 Å². The summed E-state index contributed by atoms with van der Waals surface area (Å²) in [5.41, 5.74) is 5.05. The predicted molar refractivity (Wildman–Crippen MR) is 58.2 cm³/mol. The van der Waals surface area contributed by atoms with Crippen LogP contribution in [0.3, 0.4) is 0 Å². The molecule has 0 bridgehead atoms. The first kappa shape index (κ1) is 11.7. The Morgan fingerprint density at radius 2 is 2.33 bits per heavy atom. The molecular weight excluding hydrogens is 192 g/mol. The number of hydrogen-bond donors (Lipinski definition) is 2. The summed E-state index contributed by atoms with van der Waals surface area (Å²) in [5.74, 6) is -0.276. The zero-order chi connectivity index (χ0) is 11.3. The molecule has 0 aliphatic heterocycles. The number of primary amides is 1. The first-order chi connectivity index (χ1) is 7.11. The largest absolute Gasteiger partial charge is 0.370 e. The minimum absolute atomic E-state index is 0.254. The molecule has 5 nitrogen and oxygen atoms in total. The highest BCUT2D eigenvalue weighted by molar-refractivity contribution is 5.73. The number of rotatable bonds is 6. The van der Waals surface area contributed by atoms with Crippen LogP contribution in [0.15, 0.2) is 18.5 Å². The van der Waals surface area contributed by atoms with E-state index < -0.39 is 0 Å². The number of carbonyl (C=O) groups excluding carboxylic acids is 1. The van der Waals surface area contributed by atoms with Gasteiger partial charge in [-0.05, 0) is 19.9 Å². The molecular formula is C10H18N4O. The van der Waals surface area contributed by atoms with Gasteiger partial charge in [-0.1, -0.05) is 0 Å². The first-order valence-electron chi connectivity index (χ1n) is 5.12. The minimum Gasteiger partial charge on any atom is -0.370 e. The summed E-state index contributed by atoms with van der Waals surface area (Å²) < 4.78 is 1.89. The molecule has 0 saturated heterocycles. The summed E-state index contributed by atoms with van der Waals surface area (Å²) in [7, 11) is 0. The minimum atomic E-state index is -0.276. The van der Waals surface area contributed by atoms with Crippen molar-refractivity contribution in [3.05, 3.63) is 18.5 Å². The fraction of sp³-hybridized carbons (Fsp3) is 0.600. The second-order valence-electron chi connectivity index (χ2n) is 3.69. The molecule has 0 radical (unpaired) electrons. The fourth-order valence-electron chi connectivity index (χ4n) is 1.34. The maximum absolute atomic E-state index is 10.5. The number of nitrogens with one attached hydrogen (secondary N) is 1. The summed E-state index contributed by atoms with van der Waals surface area (Å²) in [6.07, 6.45) is 4.06. The van der Waals surface area contributed by atoms with Crippen molar-refractivity contribution < 1.29 is 4.79 Å². The van der Waals surface area contributed by atoms with Crippen LogP contribution in [0.1, 0.15) is 26.3 Å². The SMILES string of the molecule is CC(NCCC(N)=O)C(C)n1cccn1. The Labute approximate surface area is 89.6 Å². The highest BCUT2D eigenvalue weighted by Gasteiger charge is 2.13. The Kier molecular flexibility index (Phi) is 4.30. The monoisotopic (exact) mass is 210 g/mol. The van der Waals surface area contributed by atoms with Crippen LogP contribution in [0.4, 0.5) is 0 Å². The third-order valence-corrected chi connectivity index (χ3v) is 2.50. The van der Waals surface area contributed by atoms with Gasteiger partial charge in [0, 0.05) is 31.4 Å². The van der Waals surface area contributed by atoms with Gasteiger partial charge in [-0.3, -0.25) is 9.48 Å². The van der Waals surface area contributed by atoms with Gasteiger partial charge in [0.1, 0.15) is 0 Å². The van der Waals surface area contributed by atoms with Gasteiger partial charge in [-0.2, -0.15) is 5.10 Å². The van der Waals surface area contributed by atoms with Crippen molar-refractivity contribution in [1.29, 1.82) is 0 Å². The number of amides is 1. The second kappa shape index (κ2) is 5.50. The summed E-state index contributed by atoms with van der Waals surface area (Å²) in [4.78, 5) is 10.5. The van der Waals surface area contributed by atoms with Gasteiger partial charge < -0.3 is 11.1 Å². The van der Waals surface area contributed by atoms with Gasteiger partial charge in [0.2, 0.25) is 5.91 Å². The average Bonchev–Trinajstić information content (AvgIpc) is 2.68. The number of carbonyl (C=O) groups is 1. The van der Waals surface area contributed by atoms with Gasteiger partial charge in [-0.25, -0.2) is 0 Å². The van der Waals surface area contributed by atoms with E-state index in [1.807, 2.05) is 16.9 Å². The normalized spacial score (nSPS) is 14.8. The van der Waals surface area contributed by atoms with Crippen LogP contribution in [-0.4, -0.2) is 28.3 Å². The van der Waals surface area contributed by atoms with Crippen LogP contribution >= 0.6 is 0 Å². The number of hydrogen-bond acceptors (Lipinski definition) is 3. The molecule has 84 valence electrons. The lowest BCUT2D eigenvalue weighted by Gasteiger charge is -2.21. The number of nitrogens with two attached hydrogens (primary N) is 1. The highest BCUT2D eigenvalue weighted by Crippen LogP contribution is 2.08. The number of aromatic nitrogens is 2. The predicted octanol–water partition coefficient (Wildman–Crippen LogP) is 0.298. The van der Waals surface area contributed by atoms with Crippen molar-refractivity contribution in [2.45, 2.75) is 32.4 Å².